The van der Waals surface area contributed by atoms with E-state index in [2.05, 4.69) is 10.3 Å². The Morgan fingerprint density at radius 1 is 1.67 bits per heavy atom. The molecule has 0 heterocycles. The highest BCUT2D eigenvalue weighted by molar-refractivity contribution is 8.13. The average molecular weight is 268 g/mol. The van der Waals surface area contributed by atoms with Gasteiger partial charge in [0.1, 0.15) is 0 Å². The number of aliphatic imine (C=N–C) groups is 1. The number of thioether (sulfide) groups is 1. The Balaban J connectivity index is 3.25. The molecule has 0 aliphatic carbocycles. The van der Waals surface area contributed by atoms with E-state index in [0.29, 0.717) is 0 Å². The maximum absolute atomic E-state index is 13.6. The number of nitriles is 1. The van der Waals surface area contributed by atoms with Gasteiger partial charge in [0.2, 0.25) is 5.82 Å². The van der Waals surface area contributed by atoms with E-state index in [1.54, 1.807) is 12.4 Å². The molecule has 1 rings (SSSR count). The zero-order valence-corrected chi connectivity index (χ0v) is 10.4. The molecule has 1 aromatic rings. The van der Waals surface area contributed by atoms with E-state index in [0.717, 1.165) is 6.07 Å². The Kier molecular flexibility index (Phi) is 4.62. The molecular formula is C10H9FN4O2S. The van der Waals surface area contributed by atoms with E-state index in [4.69, 9.17) is 5.26 Å². The van der Waals surface area contributed by atoms with Crippen molar-refractivity contribution in [2.24, 2.45) is 4.99 Å². The first-order valence-electron chi connectivity index (χ1n) is 4.72. The van der Waals surface area contributed by atoms with Gasteiger partial charge < -0.3 is 0 Å². The lowest BCUT2D eigenvalue weighted by Gasteiger charge is -2.04. The molecule has 0 saturated carbocycles. The fourth-order valence-corrected chi connectivity index (χ4v) is 1.54. The first-order chi connectivity index (χ1) is 8.51. The predicted octanol–water partition coefficient (Wildman–Crippen LogP) is 2.46. The molecule has 0 aliphatic heterocycles. The number of nitrogens with one attached hydrogen (secondary N) is 1. The Bertz CT molecular complexity index is 554. The predicted molar refractivity (Wildman–Crippen MR) is 67.2 cm³/mol. The van der Waals surface area contributed by atoms with E-state index < -0.39 is 16.4 Å². The van der Waals surface area contributed by atoms with Crippen LogP contribution in [0, 0.1) is 34.3 Å². The molecule has 0 radical (unpaired) electrons. The normalized spacial score (nSPS) is 10.9. The second-order valence-electron chi connectivity index (χ2n) is 3.16. The summed E-state index contributed by atoms with van der Waals surface area (Å²) in [7, 11) is 0. The van der Waals surface area contributed by atoms with Crippen LogP contribution in [-0.4, -0.2) is 16.3 Å². The Hall–Kier alpha value is -2.14. The smallest absolute Gasteiger partial charge is 0.271 e. The number of nitrogens with zero attached hydrogens (tertiary/aromatic N) is 3. The third-order valence-electron chi connectivity index (χ3n) is 2.11. The van der Waals surface area contributed by atoms with Gasteiger partial charge in [0, 0.05) is 11.6 Å². The van der Waals surface area contributed by atoms with Gasteiger partial charge in [0.25, 0.3) is 0 Å². The van der Waals surface area contributed by atoms with E-state index >= 15 is 0 Å². The summed E-state index contributed by atoms with van der Waals surface area (Å²) in [6, 6.07) is 2.39. The van der Waals surface area contributed by atoms with Crippen LogP contribution in [0.1, 0.15) is 5.56 Å². The van der Waals surface area contributed by atoms with E-state index in [9.17, 15) is 14.5 Å². The second-order valence-corrected chi connectivity index (χ2v) is 3.95. The van der Waals surface area contributed by atoms with Gasteiger partial charge in [-0.2, -0.15) is 9.65 Å². The summed E-state index contributed by atoms with van der Waals surface area (Å²) < 4.78 is 13.6. The summed E-state index contributed by atoms with van der Waals surface area (Å²) in [6.45, 7) is 1.39. The van der Waals surface area contributed by atoms with Gasteiger partial charge in [0.05, 0.1) is 10.6 Å². The van der Waals surface area contributed by atoms with Crippen molar-refractivity contribution in [1.82, 2.24) is 5.32 Å². The lowest BCUT2D eigenvalue weighted by Crippen LogP contribution is -2.12. The van der Waals surface area contributed by atoms with E-state index in [1.807, 2.05) is 0 Å². The first kappa shape index (κ1) is 13.9. The molecule has 94 valence electrons. The maximum Gasteiger partial charge on any atom is 0.305 e. The molecule has 0 aliphatic rings. The van der Waals surface area contributed by atoms with Crippen LogP contribution in [0.15, 0.2) is 17.1 Å². The number of rotatable bonds is 2. The van der Waals surface area contributed by atoms with Crippen molar-refractivity contribution in [1.29, 1.82) is 5.26 Å². The molecule has 18 heavy (non-hydrogen) atoms. The number of nitro benzene ring substituents is 1. The highest BCUT2D eigenvalue weighted by Gasteiger charge is 2.18. The van der Waals surface area contributed by atoms with Gasteiger partial charge in [-0.05, 0) is 19.2 Å². The maximum atomic E-state index is 13.6. The molecule has 1 N–H and O–H groups in total. The SMILES string of the molecule is CSC(=Nc1ccc([N+](=O)[O-])c(F)c1C)NC#N. The zero-order valence-electron chi connectivity index (χ0n) is 9.60. The number of hydrogen-bond donors (Lipinski definition) is 1. The highest BCUT2D eigenvalue weighted by Crippen LogP contribution is 2.28. The summed E-state index contributed by atoms with van der Waals surface area (Å²) >= 11 is 1.17. The summed E-state index contributed by atoms with van der Waals surface area (Å²) in [5.74, 6) is -0.918. The van der Waals surface area contributed by atoms with Crippen molar-refractivity contribution < 1.29 is 9.31 Å². The number of hydrogen-bond acceptors (Lipinski definition) is 5. The molecule has 1 aromatic carbocycles. The molecule has 6 nitrogen and oxygen atoms in total. The van der Waals surface area contributed by atoms with Crippen molar-refractivity contribution in [3.63, 3.8) is 0 Å². The third kappa shape index (κ3) is 2.95. The Labute approximate surface area is 107 Å². The van der Waals surface area contributed by atoms with Gasteiger partial charge in [-0.3, -0.25) is 15.4 Å². The van der Waals surface area contributed by atoms with Crippen molar-refractivity contribution in [3.8, 4) is 6.19 Å². The summed E-state index contributed by atoms with van der Waals surface area (Å²) in [5, 5.41) is 21.6. The minimum Gasteiger partial charge on any atom is -0.271 e. The van der Waals surface area contributed by atoms with Crippen molar-refractivity contribution in [3.05, 3.63) is 33.6 Å². The van der Waals surface area contributed by atoms with Gasteiger partial charge in [-0.25, -0.2) is 4.99 Å². The third-order valence-corrected chi connectivity index (χ3v) is 2.69. The van der Waals surface area contributed by atoms with Crippen molar-refractivity contribution in [2.45, 2.75) is 6.92 Å². The minimum atomic E-state index is -0.918. The van der Waals surface area contributed by atoms with Crippen LogP contribution in [0.3, 0.4) is 0 Å². The number of benzene rings is 1. The number of amidine groups is 1. The molecule has 0 aromatic heterocycles. The fraction of sp³-hybridized carbons (Fsp3) is 0.200. The number of halogens is 1. The fourth-order valence-electron chi connectivity index (χ4n) is 1.20. The first-order valence-corrected chi connectivity index (χ1v) is 5.95. The van der Waals surface area contributed by atoms with Crippen LogP contribution in [0.2, 0.25) is 0 Å². The van der Waals surface area contributed by atoms with Crippen LogP contribution in [0.25, 0.3) is 0 Å². The molecule has 8 heteroatoms. The summed E-state index contributed by atoms with van der Waals surface area (Å²) in [4.78, 5) is 13.8. The lowest BCUT2D eigenvalue weighted by atomic mass is 10.1. The quantitative estimate of drug-likeness (QED) is 0.222. The Morgan fingerprint density at radius 2 is 2.33 bits per heavy atom. The van der Waals surface area contributed by atoms with Crippen LogP contribution in [0.4, 0.5) is 15.8 Å². The summed E-state index contributed by atoms with van der Waals surface area (Å²) in [6.07, 6.45) is 3.39. The molecule has 0 bridgehead atoms. The van der Waals surface area contributed by atoms with Crippen LogP contribution < -0.4 is 5.32 Å². The lowest BCUT2D eigenvalue weighted by molar-refractivity contribution is -0.387. The molecule has 0 fully saturated rings. The molecule has 0 unspecified atom stereocenters. The van der Waals surface area contributed by atoms with Gasteiger partial charge in [-0.15, -0.1) is 0 Å². The van der Waals surface area contributed by atoms with Gasteiger partial charge in [-0.1, -0.05) is 11.8 Å². The zero-order chi connectivity index (χ0) is 13.7. The topological polar surface area (TPSA) is 91.3 Å². The molecule has 0 atom stereocenters. The largest absolute Gasteiger partial charge is 0.305 e. The Morgan fingerprint density at radius 3 is 2.83 bits per heavy atom. The molecule has 0 saturated heterocycles. The van der Waals surface area contributed by atoms with Crippen LogP contribution in [0.5, 0.6) is 0 Å². The minimum absolute atomic E-state index is 0.0653. The second kappa shape index (κ2) is 5.97. The van der Waals surface area contributed by atoms with Crippen LogP contribution >= 0.6 is 11.8 Å². The number of nitro groups is 1. The van der Waals surface area contributed by atoms with Crippen LogP contribution in [-0.2, 0) is 0 Å². The van der Waals surface area contributed by atoms with E-state index in [1.165, 1.54) is 24.8 Å². The van der Waals surface area contributed by atoms with Crippen molar-refractivity contribution >= 4 is 28.3 Å². The molecule has 0 spiro atoms. The molecule has 0 amide bonds. The standard InChI is InChI=1S/C10H9FN4O2S/c1-6-7(14-10(18-2)13-5-12)3-4-8(9(6)11)15(16)17/h3-4H,1-2H3,(H,13,14). The molecular weight excluding hydrogens is 259 g/mol. The van der Waals surface area contributed by atoms with Gasteiger partial charge >= 0.3 is 5.69 Å². The highest BCUT2D eigenvalue weighted by atomic mass is 32.2. The van der Waals surface area contributed by atoms with E-state index in [-0.39, 0.29) is 16.4 Å². The van der Waals surface area contributed by atoms with Gasteiger partial charge in [0.15, 0.2) is 11.4 Å². The summed E-state index contributed by atoms with van der Waals surface area (Å²) in [5.41, 5.74) is -0.286. The van der Waals surface area contributed by atoms with Crippen molar-refractivity contribution in [2.75, 3.05) is 6.26 Å². The monoisotopic (exact) mass is 268 g/mol. The average Bonchev–Trinajstić information content (AvgIpc) is 2.33.